The van der Waals surface area contributed by atoms with Gasteiger partial charge in [0.25, 0.3) is 0 Å². The van der Waals surface area contributed by atoms with Crippen molar-refractivity contribution >= 4 is 23.3 Å². The van der Waals surface area contributed by atoms with Gasteiger partial charge in [0.1, 0.15) is 30.4 Å². The number of thioether (sulfide) groups is 1. The molecule has 9 nitrogen and oxygen atoms in total. The molecule has 1 saturated heterocycles. The molecule has 1 unspecified atom stereocenters. The number of anilines is 1. The predicted octanol–water partition coefficient (Wildman–Crippen LogP) is 6.32. The number of benzene rings is 2. The van der Waals surface area contributed by atoms with Gasteiger partial charge in [-0.05, 0) is 84.4 Å². The molecule has 0 saturated carbocycles. The van der Waals surface area contributed by atoms with Crippen molar-refractivity contribution in [3.8, 4) is 17.5 Å². The lowest BCUT2D eigenvalue weighted by Gasteiger charge is -2.33. The molecule has 40 heavy (non-hydrogen) atoms. The van der Waals surface area contributed by atoms with E-state index in [1.54, 1.807) is 28.5 Å². The van der Waals surface area contributed by atoms with Crippen molar-refractivity contribution in [2.45, 2.75) is 49.6 Å². The van der Waals surface area contributed by atoms with E-state index < -0.39 is 11.3 Å². The third-order valence-electron chi connectivity index (χ3n) is 6.98. The summed E-state index contributed by atoms with van der Waals surface area (Å²) in [6.45, 7) is 2.85. The summed E-state index contributed by atoms with van der Waals surface area (Å²) in [6.07, 6.45) is 0.392. The van der Waals surface area contributed by atoms with Crippen LogP contribution in [0.2, 0.25) is 0 Å². The van der Waals surface area contributed by atoms with E-state index in [2.05, 4.69) is 26.8 Å². The Hall–Kier alpha value is -3.61. The van der Waals surface area contributed by atoms with Crippen LogP contribution in [0.5, 0.6) is 17.5 Å². The summed E-state index contributed by atoms with van der Waals surface area (Å²) in [7, 11) is 0. The largest absolute Gasteiger partial charge is 0.573 e. The number of aromatic nitrogens is 2. The highest BCUT2D eigenvalue weighted by atomic mass is 32.2. The van der Waals surface area contributed by atoms with E-state index >= 15 is 0 Å². The van der Waals surface area contributed by atoms with E-state index in [0.717, 1.165) is 54.4 Å². The van der Waals surface area contributed by atoms with Crippen LogP contribution in [0.4, 0.5) is 24.7 Å². The molecular formula is C27H29F3N4O5S. The van der Waals surface area contributed by atoms with Crippen LogP contribution >= 0.6 is 11.8 Å². The molecule has 1 fully saturated rings. The predicted molar refractivity (Wildman–Crippen MR) is 143 cm³/mol. The lowest BCUT2D eigenvalue weighted by atomic mass is 9.94. The minimum Gasteiger partial charge on any atom is -0.490 e. The first-order valence-electron chi connectivity index (χ1n) is 13.1. The zero-order valence-corrected chi connectivity index (χ0v) is 22.4. The van der Waals surface area contributed by atoms with Crippen LogP contribution in [0.3, 0.4) is 0 Å². The Kier molecular flexibility index (Phi) is 8.57. The average Bonchev–Trinajstić information content (AvgIpc) is 3.37. The first-order chi connectivity index (χ1) is 19.2. The van der Waals surface area contributed by atoms with E-state index in [0.29, 0.717) is 25.5 Å². The molecule has 13 heteroatoms. The first kappa shape index (κ1) is 27.9. The standard InChI is InChI=1S/C27H29F3N4O5S/c28-27(29,30)39-22-5-7-24(8-6-22)40-16-12-19-9-13-32(14-10-19)20-1-3-21(4-2-20)37-18-23-11-15-33-17-25(34(35)36)31-26(33)38-23/h1-8,17,19,23H,9-16,18H2. The molecule has 0 radical (unpaired) electrons. The Bertz CT molecular complexity index is 1280. The molecule has 1 atom stereocenters. The highest BCUT2D eigenvalue weighted by molar-refractivity contribution is 7.99. The van der Waals surface area contributed by atoms with Crippen LogP contribution in [0, 0.1) is 16.0 Å². The molecule has 0 bridgehead atoms. The second kappa shape index (κ2) is 12.3. The zero-order chi connectivity index (χ0) is 28.1. The van der Waals surface area contributed by atoms with Gasteiger partial charge in [-0.3, -0.25) is 4.57 Å². The van der Waals surface area contributed by atoms with E-state index in [-0.39, 0.29) is 23.7 Å². The Labute approximate surface area is 233 Å². The van der Waals surface area contributed by atoms with E-state index in [4.69, 9.17) is 9.47 Å². The second-order valence-corrected chi connectivity index (χ2v) is 10.9. The van der Waals surface area contributed by atoms with Crippen molar-refractivity contribution in [2.24, 2.45) is 5.92 Å². The van der Waals surface area contributed by atoms with Gasteiger partial charge in [0, 0.05) is 41.6 Å². The Morgan fingerprint density at radius 2 is 1.73 bits per heavy atom. The Morgan fingerprint density at radius 3 is 2.40 bits per heavy atom. The summed E-state index contributed by atoms with van der Waals surface area (Å²) >= 11 is 1.65. The number of piperidine rings is 1. The fourth-order valence-electron chi connectivity index (χ4n) is 4.84. The topological polar surface area (TPSA) is 91.9 Å². The van der Waals surface area contributed by atoms with Crippen molar-refractivity contribution in [2.75, 3.05) is 30.3 Å². The fourth-order valence-corrected chi connectivity index (χ4v) is 5.85. The van der Waals surface area contributed by atoms with Gasteiger partial charge in [-0.2, -0.15) is 0 Å². The smallest absolute Gasteiger partial charge is 0.490 e. The molecule has 0 amide bonds. The van der Waals surface area contributed by atoms with Gasteiger partial charge in [0.2, 0.25) is 0 Å². The number of fused-ring (bicyclic) bond motifs is 1. The molecule has 3 aromatic rings. The summed E-state index contributed by atoms with van der Waals surface area (Å²) in [5.74, 6) is 1.84. The number of alkyl halides is 3. The number of aryl methyl sites for hydroxylation is 1. The van der Waals surface area contributed by atoms with Gasteiger partial charge in [0.05, 0.1) is 0 Å². The van der Waals surface area contributed by atoms with Gasteiger partial charge < -0.3 is 29.2 Å². The number of hydrogen-bond donors (Lipinski definition) is 0. The van der Waals surface area contributed by atoms with Crippen molar-refractivity contribution in [3.05, 3.63) is 64.8 Å². The summed E-state index contributed by atoms with van der Waals surface area (Å²) in [4.78, 5) is 17.6. The van der Waals surface area contributed by atoms with Gasteiger partial charge >= 0.3 is 18.2 Å². The summed E-state index contributed by atoms with van der Waals surface area (Å²) in [5.41, 5.74) is 1.14. The maximum absolute atomic E-state index is 12.3. The quantitative estimate of drug-likeness (QED) is 0.157. The molecular weight excluding hydrogens is 549 g/mol. The molecule has 0 N–H and O–H groups in total. The highest BCUT2D eigenvalue weighted by Gasteiger charge is 2.31. The van der Waals surface area contributed by atoms with Gasteiger partial charge in [-0.15, -0.1) is 24.9 Å². The van der Waals surface area contributed by atoms with Crippen molar-refractivity contribution in [1.29, 1.82) is 0 Å². The maximum Gasteiger partial charge on any atom is 0.573 e. The van der Waals surface area contributed by atoms with Crippen LogP contribution in [0.25, 0.3) is 0 Å². The van der Waals surface area contributed by atoms with Crippen molar-refractivity contribution in [1.82, 2.24) is 9.55 Å². The zero-order valence-electron chi connectivity index (χ0n) is 21.6. The normalized spacial score (nSPS) is 17.7. The number of nitro groups is 1. The highest BCUT2D eigenvalue weighted by Crippen LogP contribution is 2.31. The summed E-state index contributed by atoms with van der Waals surface area (Å²) < 4.78 is 54.1. The number of hydrogen-bond acceptors (Lipinski definition) is 8. The minimum absolute atomic E-state index is 0.203. The average molecular weight is 579 g/mol. The minimum atomic E-state index is -4.67. The molecule has 3 heterocycles. The van der Waals surface area contributed by atoms with Gasteiger partial charge in [-0.1, -0.05) is 0 Å². The van der Waals surface area contributed by atoms with Crippen LogP contribution in [0.1, 0.15) is 25.7 Å². The monoisotopic (exact) mass is 578 g/mol. The second-order valence-electron chi connectivity index (χ2n) is 9.75. The third-order valence-corrected chi connectivity index (χ3v) is 8.03. The van der Waals surface area contributed by atoms with Crippen molar-refractivity contribution < 1.29 is 32.3 Å². The molecule has 214 valence electrons. The van der Waals surface area contributed by atoms with Crippen LogP contribution in [-0.4, -0.2) is 52.4 Å². The van der Waals surface area contributed by atoms with Crippen LogP contribution < -0.4 is 19.1 Å². The third kappa shape index (κ3) is 7.52. The van der Waals surface area contributed by atoms with Crippen LogP contribution in [-0.2, 0) is 6.54 Å². The molecule has 0 aliphatic carbocycles. The van der Waals surface area contributed by atoms with Gasteiger partial charge in [0.15, 0.2) is 0 Å². The van der Waals surface area contributed by atoms with Crippen LogP contribution in [0.15, 0.2) is 59.6 Å². The molecule has 1 aromatic heterocycles. The molecule has 2 aromatic carbocycles. The van der Waals surface area contributed by atoms with Crippen molar-refractivity contribution in [3.63, 3.8) is 0 Å². The van der Waals surface area contributed by atoms with E-state index in [1.165, 1.54) is 18.3 Å². The summed E-state index contributed by atoms with van der Waals surface area (Å²) in [6, 6.07) is 14.2. The molecule has 2 aliphatic heterocycles. The number of halogens is 3. The number of imidazole rings is 1. The molecule has 0 spiro atoms. The van der Waals surface area contributed by atoms with E-state index in [9.17, 15) is 23.3 Å². The SMILES string of the molecule is O=[N+]([O-])c1cn2c(n1)OC(COc1ccc(N3CCC(CCSc4ccc(OC(F)(F)F)cc4)CC3)cc1)CC2. The first-order valence-corrected chi connectivity index (χ1v) is 14.0. The maximum atomic E-state index is 12.3. The Balaban J connectivity index is 1.01. The van der Waals surface area contributed by atoms with Gasteiger partial charge in [-0.25, -0.2) is 0 Å². The fraction of sp³-hybridized carbons (Fsp3) is 0.444. The number of rotatable bonds is 10. The number of ether oxygens (including phenoxy) is 3. The lowest BCUT2D eigenvalue weighted by Crippen LogP contribution is -2.33. The number of nitrogens with zero attached hydrogens (tertiary/aromatic N) is 4. The van der Waals surface area contributed by atoms with E-state index in [1.807, 2.05) is 12.1 Å². The molecule has 5 rings (SSSR count). The Morgan fingerprint density at radius 1 is 1.02 bits per heavy atom. The summed E-state index contributed by atoms with van der Waals surface area (Å²) in [5, 5.41) is 10.9. The lowest BCUT2D eigenvalue weighted by molar-refractivity contribution is -0.389. The molecule has 2 aliphatic rings.